The first-order chi connectivity index (χ1) is 15.7. The van der Waals surface area contributed by atoms with E-state index in [2.05, 4.69) is 4.98 Å². The van der Waals surface area contributed by atoms with Crippen LogP contribution in [-0.4, -0.2) is 15.5 Å². The molecule has 0 N–H and O–H groups in total. The standard InChI is InChI=1S/C22H17F2N2O6P/c1-3-10-11-5-15(23)16(24)7-17(11)25-19-12(10)8-26-18(19)6-14-13(20(26)27)9-31-21(28)22(14,4-2)32-33(29)30/h5-7H,3-4,8-9H2,1-2H3/t22-/m0/s1. The molecule has 4 heterocycles. The molecular formula is C22H17F2N2O6P. The zero-order chi connectivity index (χ0) is 23.7. The first kappa shape index (κ1) is 21.8. The summed E-state index contributed by atoms with van der Waals surface area (Å²) < 4.78 is 50.9. The number of rotatable bonds is 4. The van der Waals surface area contributed by atoms with Crippen molar-refractivity contribution in [3.05, 3.63) is 62.4 Å². The molecule has 0 amide bonds. The van der Waals surface area contributed by atoms with E-state index >= 15 is 0 Å². The lowest BCUT2D eigenvalue weighted by Crippen LogP contribution is -2.45. The number of ether oxygens (including phenoxy) is 1. The maximum atomic E-state index is 13.9. The van der Waals surface area contributed by atoms with E-state index in [0.717, 1.165) is 17.7 Å². The normalized spacial score (nSPS) is 19.2. The molecule has 1 unspecified atom stereocenters. The van der Waals surface area contributed by atoms with Crippen LogP contribution in [-0.2, 0) is 43.8 Å². The third-order valence-corrected chi connectivity index (χ3v) is 6.86. The maximum Gasteiger partial charge on any atom is 0.490 e. The van der Waals surface area contributed by atoms with Crippen molar-refractivity contribution in [3.63, 3.8) is 0 Å². The molecule has 2 aliphatic rings. The largest absolute Gasteiger partial charge is 0.566 e. The van der Waals surface area contributed by atoms with E-state index in [1.165, 1.54) is 10.6 Å². The minimum atomic E-state index is -3.44. The first-order valence-electron chi connectivity index (χ1n) is 10.3. The van der Waals surface area contributed by atoms with Crippen LogP contribution in [0.15, 0.2) is 23.0 Å². The van der Waals surface area contributed by atoms with Gasteiger partial charge < -0.3 is 14.2 Å². The third kappa shape index (κ3) is 2.98. The number of esters is 1. The second-order valence-corrected chi connectivity index (χ2v) is 8.57. The molecule has 2 aliphatic heterocycles. The number of hydrogen-bond acceptors (Lipinski definition) is 7. The van der Waals surface area contributed by atoms with E-state index in [1.54, 1.807) is 6.92 Å². The van der Waals surface area contributed by atoms with E-state index in [0.29, 0.717) is 28.8 Å². The summed E-state index contributed by atoms with van der Waals surface area (Å²) >= 11 is 0. The average Bonchev–Trinajstić information content (AvgIpc) is 3.13. The van der Waals surface area contributed by atoms with E-state index in [9.17, 15) is 27.8 Å². The van der Waals surface area contributed by atoms with Crippen LogP contribution in [0.3, 0.4) is 0 Å². The number of fused-ring (bicyclic) bond motifs is 5. The topological polar surface area (TPSA) is 111 Å². The van der Waals surface area contributed by atoms with Gasteiger partial charge in [0.25, 0.3) is 5.56 Å². The molecule has 8 nitrogen and oxygen atoms in total. The maximum absolute atomic E-state index is 13.9. The highest BCUT2D eigenvalue weighted by Crippen LogP contribution is 2.44. The van der Waals surface area contributed by atoms with Gasteiger partial charge in [-0.15, -0.1) is 4.52 Å². The average molecular weight is 474 g/mol. The molecule has 11 heteroatoms. The number of aromatic nitrogens is 2. The Kier molecular flexibility index (Phi) is 4.93. The molecule has 2 atom stereocenters. The van der Waals surface area contributed by atoms with Crippen LogP contribution in [0.25, 0.3) is 22.3 Å². The van der Waals surface area contributed by atoms with Gasteiger partial charge in [-0.25, -0.2) is 18.6 Å². The molecule has 0 radical (unpaired) electrons. The Morgan fingerprint density at radius 3 is 2.61 bits per heavy atom. The van der Waals surface area contributed by atoms with Gasteiger partial charge in [0, 0.05) is 22.6 Å². The lowest BCUT2D eigenvalue weighted by atomic mass is 9.86. The van der Waals surface area contributed by atoms with Crippen molar-refractivity contribution in [2.75, 3.05) is 0 Å². The molecule has 0 bridgehead atoms. The summed E-state index contributed by atoms with van der Waals surface area (Å²) in [4.78, 5) is 42.0. The molecule has 33 heavy (non-hydrogen) atoms. The fourth-order valence-corrected chi connectivity index (χ4v) is 5.38. The zero-order valence-corrected chi connectivity index (χ0v) is 18.5. The number of carbonyl (C=O) groups excluding carboxylic acids is 1. The highest BCUT2D eigenvalue weighted by molar-refractivity contribution is 7.30. The molecule has 0 fully saturated rings. The number of carbonyl (C=O) groups is 1. The molecule has 0 aliphatic carbocycles. The van der Waals surface area contributed by atoms with Gasteiger partial charge in [-0.1, -0.05) is 13.8 Å². The smallest absolute Gasteiger partial charge is 0.490 e. The molecule has 1 aromatic carbocycles. The van der Waals surface area contributed by atoms with E-state index < -0.39 is 37.0 Å². The van der Waals surface area contributed by atoms with Crippen LogP contribution in [0.5, 0.6) is 0 Å². The minimum absolute atomic E-state index is 0.0895. The molecule has 170 valence electrons. The summed E-state index contributed by atoms with van der Waals surface area (Å²) in [7, 11) is -3.44. The summed E-state index contributed by atoms with van der Waals surface area (Å²) in [5.41, 5.74) is 0.123. The van der Waals surface area contributed by atoms with Gasteiger partial charge in [-0.2, -0.15) is 0 Å². The first-order valence-corrected chi connectivity index (χ1v) is 11.4. The van der Waals surface area contributed by atoms with Crippen LogP contribution in [0.4, 0.5) is 8.78 Å². The van der Waals surface area contributed by atoms with Gasteiger partial charge >= 0.3 is 14.2 Å². The summed E-state index contributed by atoms with van der Waals surface area (Å²) in [5.74, 6) is -2.94. The van der Waals surface area contributed by atoms with Crippen molar-refractivity contribution in [1.82, 2.24) is 9.55 Å². The Hall–Kier alpha value is -3.07. The van der Waals surface area contributed by atoms with Crippen molar-refractivity contribution in [2.24, 2.45) is 0 Å². The zero-order valence-electron chi connectivity index (χ0n) is 17.6. The number of pyridine rings is 2. The lowest BCUT2D eigenvalue weighted by Gasteiger charge is -2.31. The fourth-order valence-electron chi connectivity index (χ4n) is 4.83. The van der Waals surface area contributed by atoms with Gasteiger partial charge in [-0.05, 0) is 35.1 Å². The second-order valence-electron chi connectivity index (χ2n) is 7.94. The molecule has 0 spiro atoms. The summed E-state index contributed by atoms with van der Waals surface area (Å²) in [6.07, 6.45) is 0.392. The van der Waals surface area contributed by atoms with Gasteiger partial charge in [0.2, 0.25) is 5.60 Å². The number of aryl methyl sites for hydroxylation is 1. The SMILES string of the molecule is CCc1c2c(nc3cc(F)c(F)cc13)-c1cc3c(c(=O)n1C2)COC(=O)[C@@]3(CC)O[P+](=O)[O-]. The predicted molar refractivity (Wildman–Crippen MR) is 110 cm³/mol. The van der Waals surface area contributed by atoms with Crippen LogP contribution >= 0.6 is 8.25 Å². The molecule has 2 aromatic heterocycles. The fraction of sp³-hybridized carbons (Fsp3) is 0.318. The summed E-state index contributed by atoms with van der Waals surface area (Å²) in [6.45, 7) is 3.23. The molecular weight excluding hydrogens is 457 g/mol. The number of cyclic esters (lactones) is 1. The molecule has 5 rings (SSSR count). The molecule has 0 saturated carbocycles. The Labute approximate surface area is 186 Å². The van der Waals surface area contributed by atoms with Crippen LogP contribution in [0, 0.1) is 11.6 Å². The Morgan fingerprint density at radius 1 is 1.21 bits per heavy atom. The second kappa shape index (κ2) is 7.48. The Balaban J connectivity index is 1.83. The van der Waals surface area contributed by atoms with Crippen molar-refractivity contribution in [1.29, 1.82) is 0 Å². The molecule has 0 saturated heterocycles. The van der Waals surface area contributed by atoms with Crippen LogP contribution in [0.2, 0.25) is 0 Å². The van der Waals surface area contributed by atoms with Crippen molar-refractivity contribution in [2.45, 2.75) is 45.4 Å². The van der Waals surface area contributed by atoms with E-state index in [1.807, 2.05) is 6.92 Å². The van der Waals surface area contributed by atoms with Gasteiger partial charge in [-0.3, -0.25) is 4.79 Å². The van der Waals surface area contributed by atoms with E-state index in [4.69, 9.17) is 9.26 Å². The minimum Gasteiger partial charge on any atom is -0.566 e. The van der Waals surface area contributed by atoms with E-state index in [-0.39, 0.29) is 36.2 Å². The number of nitrogens with zero attached hydrogens (tertiary/aromatic N) is 2. The quantitative estimate of drug-likeness (QED) is 0.330. The summed E-state index contributed by atoms with van der Waals surface area (Å²) in [6, 6.07) is 3.62. The summed E-state index contributed by atoms with van der Waals surface area (Å²) in [5, 5.41) is 0.453. The highest BCUT2D eigenvalue weighted by atomic mass is 31.1. The Bertz CT molecular complexity index is 1450. The van der Waals surface area contributed by atoms with Crippen LogP contribution in [0.1, 0.15) is 42.5 Å². The number of benzene rings is 1. The third-order valence-electron chi connectivity index (χ3n) is 6.40. The number of halogens is 2. The van der Waals surface area contributed by atoms with Gasteiger partial charge in [0.1, 0.15) is 6.61 Å². The highest BCUT2D eigenvalue weighted by Gasteiger charge is 2.52. The van der Waals surface area contributed by atoms with Crippen molar-refractivity contribution in [3.8, 4) is 11.4 Å². The van der Waals surface area contributed by atoms with Gasteiger partial charge in [0.15, 0.2) is 11.6 Å². The monoisotopic (exact) mass is 474 g/mol. The predicted octanol–water partition coefficient (Wildman–Crippen LogP) is 2.96. The number of hydrogen-bond donors (Lipinski definition) is 0. The van der Waals surface area contributed by atoms with Gasteiger partial charge in [0.05, 0.1) is 29.0 Å². The lowest BCUT2D eigenvalue weighted by molar-refractivity contribution is -0.207. The molecule has 3 aromatic rings. The van der Waals surface area contributed by atoms with Crippen molar-refractivity contribution >= 4 is 25.1 Å². The van der Waals surface area contributed by atoms with Crippen molar-refractivity contribution < 1.29 is 32.3 Å². The van der Waals surface area contributed by atoms with Crippen LogP contribution < -0.4 is 10.5 Å². The Morgan fingerprint density at radius 2 is 1.94 bits per heavy atom.